The molecular weight excluding hydrogens is 286 g/mol. The fraction of sp³-hybridized carbons (Fsp3) is 0.385. The van der Waals surface area contributed by atoms with Gasteiger partial charge in [-0.1, -0.05) is 0 Å². The molecule has 0 spiro atoms. The first kappa shape index (κ1) is 16.4. The first-order valence-electron chi connectivity index (χ1n) is 6.02. The number of nitrogens with one attached hydrogen (secondary N) is 2. The van der Waals surface area contributed by atoms with Gasteiger partial charge in [-0.3, -0.25) is 10.1 Å². The van der Waals surface area contributed by atoms with Crippen LogP contribution >= 0.6 is 11.8 Å². The number of imide groups is 1. The molecule has 0 aromatic heterocycles. The number of thioether (sulfide) groups is 1. The van der Waals surface area contributed by atoms with E-state index in [0.717, 1.165) is 30.0 Å². The SMILES string of the molecule is CC(C)NC(=O)NC(=O)[C@H](C)Sc1cc(F)ccc1F. The zero-order chi connectivity index (χ0) is 15.3. The van der Waals surface area contributed by atoms with Crippen LogP contribution in [0.25, 0.3) is 0 Å². The Kier molecular flexibility index (Phi) is 5.94. The summed E-state index contributed by atoms with van der Waals surface area (Å²) in [6.07, 6.45) is 0. The molecule has 1 rings (SSSR count). The van der Waals surface area contributed by atoms with Gasteiger partial charge in [-0.25, -0.2) is 13.6 Å². The summed E-state index contributed by atoms with van der Waals surface area (Å²) in [7, 11) is 0. The molecule has 0 unspecified atom stereocenters. The van der Waals surface area contributed by atoms with Gasteiger partial charge in [-0.2, -0.15) is 0 Å². The lowest BCUT2D eigenvalue weighted by molar-refractivity contribution is -0.119. The average molecular weight is 302 g/mol. The first-order chi connectivity index (χ1) is 9.29. The fourth-order valence-electron chi connectivity index (χ4n) is 1.32. The minimum atomic E-state index is -0.732. The maximum absolute atomic E-state index is 13.4. The minimum Gasteiger partial charge on any atom is -0.336 e. The first-order valence-corrected chi connectivity index (χ1v) is 6.90. The van der Waals surface area contributed by atoms with Crippen molar-refractivity contribution < 1.29 is 18.4 Å². The van der Waals surface area contributed by atoms with Crippen LogP contribution in [-0.2, 0) is 4.79 Å². The van der Waals surface area contributed by atoms with E-state index < -0.39 is 28.8 Å². The molecule has 20 heavy (non-hydrogen) atoms. The van der Waals surface area contributed by atoms with Gasteiger partial charge in [0.25, 0.3) is 0 Å². The van der Waals surface area contributed by atoms with Gasteiger partial charge in [0.15, 0.2) is 0 Å². The smallest absolute Gasteiger partial charge is 0.321 e. The molecule has 0 aliphatic heterocycles. The van der Waals surface area contributed by atoms with Crippen LogP contribution in [0.5, 0.6) is 0 Å². The van der Waals surface area contributed by atoms with E-state index in [9.17, 15) is 18.4 Å². The molecule has 2 N–H and O–H groups in total. The molecule has 0 saturated heterocycles. The van der Waals surface area contributed by atoms with Crippen molar-refractivity contribution in [3.63, 3.8) is 0 Å². The Morgan fingerprint density at radius 3 is 2.45 bits per heavy atom. The van der Waals surface area contributed by atoms with Crippen LogP contribution in [0.4, 0.5) is 13.6 Å². The molecule has 0 saturated carbocycles. The molecule has 0 fully saturated rings. The highest BCUT2D eigenvalue weighted by Crippen LogP contribution is 2.26. The summed E-state index contributed by atoms with van der Waals surface area (Å²) in [5.74, 6) is -1.77. The molecular formula is C13H16F2N2O2S. The van der Waals surface area contributed by atoms with Crippen LogP contribution in [0.15, 0.2) is 23.1 Å². The molecule has 0 bridgehead atoms. The normalized spacial score (nSPS) is 12.1. The highest BCUT2D eigenvalue weighted by Gasteiger charge is 2.19. The van der Waals surface area contributed by atoms with Crippen molar-refractivity contribution in [2.45, 2.75) is 37.0 Å². The number of amides is 3. The second-order valence-electron chi connectivity index (χ2n) is 4.45. The van der Waals surface area contributed by atoms with Crippen LogP contribution < -0.4 is 10.6 Å². The minimum absolute atomic E-state index is 0.0249. The van der Waals surface area contributed by atoms with E-state index >= 15 is 0 Å². The van der Waals surface area contributed by atoms with E-state index in [4.69, 9.17) is 0 Å². The summed E-state index contributed by atoms with van der Waals surface area (Å²) >= 11 is 0.846. The van der Waals surface area contributed by atoms with Gasteiger partial charge in [0.1, 0.15) is 11.6 Å². The van der Waals surface area contributed by atoms with E-state index in [1.807, 2.05) is 0 Å². The van der Waals surface area contributed by atoms with Crippen molar-refractivity contribution in [3.8, 4) is 0 Å². The van der Waals surface area contributed by atoms with Crippen LogP contribution in [-0.4, -0.2) is 23.2 Å². The van der Waals surface area contributed by atoms with E-state index in [2.05, 4.69) is 10.6 Å². The number of halogens is 2. The van der Waals surface area contributed by atoms with Crippen LogP contribution in [0, 0.1) is 11.6 Å². The number of rotatable bonds is 4. The molecule has 0 aliphatic rings. The van der Waals surface area contributed by atoms with E-state index in [1.165, 1.54) is 6.92 Å². The molecule has 1 aromatic rings. The predicted molar refractivity (Wildman–Crippen MR) is 73.5 cm³/mol. The van der Waals surface area contributed by atoms with Crippen LogP contribution in [0.3, 0.4) is 0 Å². The standard InChI is InChI=1S/C13H16F2N2O2S/c1-7(2)16-13(19)17-12(18)8(3)20-11-6-9(14)4-5-10(11)15/h4-8H,1-3H3,(H2,16,17,18,19)/t8-/m0/s1. The molecule has 0 radical (unpaired) electrons. The fourth-order valence-corrected chi connectivity index (χ4v) is 2.23. The Balaban J connectivity index is 2.61. The highest BCUT2D eigenvalue weighted by molar-refractivity contribution is 8.00. The van der Waals surface area contributed by atoms with Crippen molar-refractivity contribution in [1.29, 1.82) is 0 Å². The van der Waals surface area contributed by atoms with E-state index in [-0.39, 0.29) is 10.9 Å². The van der Waals surface area contributed by atoms with Gasteiger partial charge in [0, 0.05) is 10.9 Å². The van der Waals surface area contributed by atoms with Gasteiger partial charge in [0.2, 0.25) is 5.91 Å². The molecule has 110 valence electrons. The van der Waals surface area contributed by atoms with E-state index in [1.54, 1.807) is 13.8 Å². The molecule has 7 heteroatoms. The lowest BCUT2D eigenvalue weighted by Gasteiger charge is -2.13. The Morgan fingerprint density at radius 1 is 1.20 bits per heavy atom. The summed E-state index contributed by atoms with van der Waals surface area (Å²) in [5.41, 5.74) is 0. The number of hydrogen-bond acceptors (Lipinski definition) is 3. The van der Waals surface area contributed by atoms with Crippen molar-refractivity contribution >= 4 is 23.7 Å². The van der Waals surface area contributed by atoms with E-state index in [0.29, 0.717) is 0 Å². The number of carbonyl (C=O) groups excluding carboxylic acids is 2. The Bertz CT molecular complexity index is 509. The van der Waals surface area contributed by atoms with Gasteiger partial charge in [-0.05, 0) is 39.0 Å². The highest BCUT2D eigenvalue weighted by atomic mass is 32.2. The second kappa shape index (κ2) is 7.23. The lowest BCUT2D eigenvalue weighted by atomic mass is 10.3. The number of hydrogen-bond donors (Lipinski definition) is 2. The molecule has 0 aliphatic carbocycles. The van der Waals surface area contributed by atoms with Gasteiger partial charge < -0.3 is 5.32 Å². The maximum Gasteiger partial charge on any atom is 0.321 e. The van der Waals surface area contributed by atoms with Crippen molar-refractivity contribution in [1.82, 2.24) is 10.6 Å². The van der Waals surface area contributed by atoms with Crippen LogP contribution in [0.1, 0.15) is 20.8 Å². The predicted octanol–water partition coefficient (Wildman–Crippen LogP) is 2.68. The zero-order valence-electron chi connectivity index (χ0n) is 11.4. The quantitative estimate of drug-likeness (QED) is 0.841. The monoisotopic (exact) mass is 302 g/mol. The summed E-state index contributed by atoms with van der Waals surface area (Å²) in [6.45, 7) is 5.02. The third-order valence-electron chi connectivity index (χ3n) is 2.22. The summed E-state index contributed by atoms with van der Waals surface area (Å²) in [5, 5.41) is 3.91. The molecule has 1 aromatic carbocycles. The van der Waals surface area contributed by atoms with Gasteiger partial charge in [0.05, 0.1) is 5.25 Å². The zero-order valence-corrected chi connectivity index (χ0v) is 12.2. The van der Waals surface area contributed by atoms with Crippen molar-refractivity contribution in [3.05, 3.63) is 29.8 Å². The lowest BCUT2D eigenvalue weighted by Crippen LogP contribution is -2.45. The molecule has 1 atom stereocenters. The third-order valence-corrected chi connectivity index (χ3v) is 3.36. The molecule has 0 heterocycles. The Hall–Kier alpha value is -1.63. The topological polar surface area (TPSA) is 58.2 Å². The van der Waals surface area contributed by atoms with Crippen molar-refractivity contribution in [2.24, 2.45) is 0 Å². The maximum atomic E-state index is 13.4. The Morgan fingerprint density at radius 2 is 1.85 bits per heavy atom. The third kappa shape index (κ3) is 5.16. The van der Waals surface area contributed by atoms with Gasteiger partial charge >= 0.3 is 6.03 Å². The number of carbonyl (C=O) groups is 2. The largest absolute Gasteiger partial charge is 0.336 e. The summed E-state index contributed by atoms with van der Waals surface area (Å²) in [4.78, 5) is 23.1. The number of benzene rings is 1. The second-order valence-corrected chi connectivity index (χ2v) is 5.83. The summed E-state index contributed by atoms with van der Waals surface area (Å²) in [6, 6.07) is 2.29. The molecule has 4 nitrogen and oxygen atoms in total. The number of urea groups is 1. The van der Waals surface area contributed by atoms with Gasteiger partial charge in [-0.15, -0.1) is 11.8 Å². The Labute approximate surface area is 120 Å². The average Bonchev–Trinajstić information content (AvgIpc) is 2.32. The van der Waals surface area contributed by atoms with Crippen LogP contribution in [0.2, 0.25) is 0 Å². The van der Waals surface area contributed by atoms with Crippen molar-refractivity contribution in [2.75, 3.05) is 0 Å². The summed E-state index contributed by atoms with van der Waals surface area (Å²) < 4.78 is 26.4. The molecule has 3 amide bonds.